The maximum Gasteiger partial charge on any atom is 0.257 e. The summed E-state index contributed by atoms with van der Waals surface area (Å²) in [5.74, 6) is 0.0616. The number of H-pyrrole nitrogens is 1. The van der Waals surface area contributed by atoms with Crippen molar-refractivity contribution in [3.8, 4) is 11.3 Å². The number of hydrogen-bond acceptors (Lipinski definition) is 3. The van der Waals surface area contributed by atoms with Gasteiger partial charge in [-0.15, -0.1) is 0 Å². The van der Waals surface area contributed by atoms with Crippen molar-refractivity contribution in [2.45, 2.75) is 20.0 Å². The van der Waals surface area contributed by atoms with Gasteiger partial charge in [0.2, 0.25) is 5.91 Å². The molecule has 3 rings (SSSR count). The van der Waals surface area contributed by atoms with E-state index in [2.05, 4.69) is 10.1 Å². The molecule has 0 aromatic carbocycles. The van der Waals surface area contributed by atoms with Crippen LogP contribution in [0.5, 0.6) is 0 Å². The highest BCUT2D eigenvalue weighted by atomic mass is 16.2. The predicted octanol–water partition coefficient (Wildman–Crippen LogP) is 0.601. The van der Waals surface area contributed by atoms with Crippen molar-refractivity contribution >= 4 is 5.91 Å². The molecule has 1 amide bonds. The van der Waals surface area contributed by atoms with E-state index in [0.717, 1.165) is 5.69 Å². The first-order chi connectivity index (χ1) is 9.15. The molecule has 0 saturated heterocycles. The fourth-order valence-corrected chi connectivity index (χ4v) is 2.29. The Morgan fingerprint density at radius 2 is 2.26 bits per heavy atom. The average Bonchev–Trinajstić information content (AvgIpc) is 2.81. The number of fused-ring (bicyclic) bond motifs is 1. The first-order valence-corrected chi connectivity index (χ1v) is 6.15. The van der Waals surface area contributed by atoms with E-state index in [0.29, 0.717) is 30.9 Å². The minimum atomic E-state index is -0.152. The summed E-state index contributed by atoms with van der Waals surface area (Å²) >= 11 is 0. The molecular weight excluding hydrogens is 244 g/mol. The molecule has 1 aliphatic rings. The van der Waals surface area contributed by atoms with Crippen molar-refractivity contribution in [3.05, 3.63) is 40.4 Å². The van der Waals surface area contributed by atoms with E-state index in [-0.39, 0.29) is 11.5 Å². The third kappa shape index (κ3) is 2.05. The Kier molecular flexibility index (Phi) is 2.70. The van der Waals surface area contributed by atoms with E-state index in [1.165, 1.54) is 0 Å². The van der Waals surface area contributed by atoms with Gasteiger partial charge in [-0.05, 0) is 18.2 Å². The lowest BCUT2D eigenvalue weighted by Crippen LogP contribution is -2.36. The number of nitrogens with one attached hydrogen (secondary N) is 1. The number of rotatable bonds is 1. The fourth-order valence-electron chi connectivity index (χ4n) is 2.29. The first kappa shape index (κ1) is 11.7. The molecule has 0 saturated carbocycles. The molecule has 19 heavy (non-hydrogen) atoms. The van der Waals surface area contributed by atoms with Gasteiger partial charge in [0.15, 0.2) is 0 Å². The van der Waals surface area contributed by atoms with Crippen molar-refractivity contribution in [2.75, 3.05) is 6.54 Å². The van der Waals surface area contributed by atoms with Gasteiger partial charge in [0, 0.05) is 19.7 Å². The molecule has 0 bridgehead atoms. The summed E-state index contributed by atoms with van der Waals surface area (Å²) in [5.41, 5.74) is 2.02. The van der Waals surface area contributed by atoms with Crippen LogP contribution in [0.4, 0.5) is 0 Å². The molecule has 6 nitrogen and oxygen atoms in total. The number of aromatic nitrogens is 3. The Morgan fingerprint density at radius 3 is 3.00 bits per heavy atom. The lowest BCUT2D eigenvalue weighted by Gasteiger charge is -2.26. The smallest absolute Gasteiger partial charge is 0.257 e. The van der Waals surface area contributed by atoms with Crippen LogP contribution in [0.2, 0.25) is 0 Å². The second-order valence-electron chi connectivity index (χ2n) is 4.60. The highest BCUT2D eigenvalue weighted by Crippen LogP contribution is 2.19. The molecule has 2 aromatic heterocycles. The van der Waals surface area contributed by atoms with Crippen LogP contribution < -0.4 is 5.56 Å². The van der Waals surface area contributed by atoms with E-state index in [4.69, 9.17) is 0 Å². The Hall–Kier alpha value is -2.37. The van der Waals surface area contributed by atoms with Gasteiger partial charge in [0.25, 0.3) is 5.56 Å². The number of aromatic amines is 1. The van der Waals surface area contributed by atoms with Crippen LogP contribution in [0.1, 0.15) is 12.6 Å². The fraction of sp³-hybridized carbons (Fsp3) is 0.308. The van der Waals surface area contributed by atoms with Gasteiger partial charge < -0.3 is 9.88 Å². The monoisotopic (exact) mass is 258 g/mol. The zero-order valence-electron chi connectivity index (χ0n) is 10.6. The molecule has 0 atom stereocenters. The lowest BCUT2D eigenvalue weighted by atomic mass is 10.2. The molecule has 0 radical (unpaired) electrons. The summed E-state index contributed by atoms with van der Waals surface area (Å²) in [6.45, 7) is 3.44. The molecule has 98 valence electrons. The van der Waals surface area contributed by atoms with Gasteiger partial charge in [-0.2, -0.15) is 5.10 Å². The minimum absolute atomic E-state index is 0.0616. The van der Waals surface area contributed by atoms with Gasteiger partial charge >= 0.3 is 0 Å². The van der Waals surface area contributed by atoms with Crippen molar-refractivity contribution in [3.63, 3.8) is 0 Å². The highest BCUT2D eigenvalue weighted by molar-refractivity contribution is 5.73. The third-order valence-electron chi connectivity index (χ3n) is 3.34. The summed E-state index contributed by atoms with van der Waals surface area (Å²) in [4.78, 5) is 27.5. The summed E-state index contributed by atoms with van der Waals surface area (Å²) in [6, 6.07) is 5.40. The van der Waals surface area contributed by atoms with E-state index in [1.807, 2.05) is 10.7 Å². The molecule has 2 aromatic rings. The number of hydrogen-bond donors (Lipinski definition) is 1. The topological polar surface area (TPSA) is 71.0 Å². The minimum Gasteiger partial charge on any atom is -0.335 e. The molecule has 1 aliphatic heterocycles. The predicted molar refractivity (Wildman–Crippen MR) is 69.4 cm³/mol. The zero-order valence-corrected chi connectivity index (χ0v) is 10.6. The van der Waals surface area contributed by atoms with Crippen molar-refractivity contribution in [2.24, 2.45) is 0 Å². The Morgan fingerprint density at radius 1 is 1.42 bits per heavy atom. The molecule has 0 fully saturated rings. The van der Waals surface area contributed by atoms with Crippen LogP contribution >= 0.6 is 0 Å². The lowest BCUT2D eigenvalue weighted by molar-refractivity contribution is -0.130. The van der Waals surface area contributed by atoms with Gasteiger partial charge in [-0.25, -0.2) is 0 Å². The SMILES string of the molecule is CC(=O)N1CCn2nc(-c3ccc[nH]c3=O)cc2C1. The number of nitrogens with zero attached hydrogens (tertiary/aromatic N) is 3. The largest absolute Gasteiger partial charge is 0.335 e. The second-order valence-corrected chi connectivity index (χ2v) is 4.60. The highest BCUT2D eigenvalue weighted by Gasteiger charge is 2.20. The number of carbonyl (C=O) groups is 1. The average molecular weight is 258 g/mol. The van der Waals surface area contributed by atoms with Crippen molar-refractivity contribution in [1.29, 1.82) is 0 Å². The molecule has 3 heterocycles. The van der Waals surface area contributed by atoms with E-state index < -0.39 is 0 Å². The third-order valence-corrected chi connectivity index (χ3v) is 3.34. The second kappa shape index (κ2) is 4.38. The van der Waals surface area contributed by atoms with Gasteiger partial charge in [0.05, 0.1) is 30.0 Å². The first-order valence-electron chi connectivity index (χ1n) is 6.15. The summed E-state index contributed by atoms with van der Waals surface area (Å²) < 4.78 is 1.86. The van der Waals surface area contributed by atoms with Crippen LogP contribution in [0.15, 0.2) is 29.2 Å². The molecular formula is C13H14N4O2. The normalized spacial score (nSPS) is 14.3. The van der Waals surface area contributed by atoms with Gasteiger partial charge in [0.1, 0.15) is 0 Å². The maximum atomic E-state index is 11.7. The van der Waals surface area contributed by atoms with Crippen LogP contribution in [-0.4, -0.2) is 32.1 Å². The molecule has 0 aliphatic carbocycles. The standard InChI is InChI=1S/C13H14N4O2/c1-9(18)16-5-6-17-10(8-16)7-12(15-17)11-3-2-4-14-13(11)19/h2-4,7H,5-6,8H2,1H3,(H,14,19). The molecule has 1 N–H and O–H groups in total. The number of carbonyl (C=O) groups excluding carboxylic acids is 1. The summed E-state index contributed by atoms with van der Waals surface area (Å²) in [6.07, 6.45) is 1.60. The molecule has 6 heteroatoms. The zero-order chi connectivity index (χ0) is 13.4. The number of amides is 1. The van der Waals surface area contributed by atoms with Crippen LogP contribution in [0.25, 0.3) is 11.3 Å². The van der Waals surface area contributed by atoms with Crippen LogP contribution in [0.3, 0.4) is 0 Å². The maximum absolute atomic E-state index is 11.7. The Bertz CT molecular complexity index is 686. The summed E-state index contributed by atoms with van der Waals surface area (Å²) in [5, 5.41) is 4.43. The Labute approximate surface area is 109 Å². The van der Waals surface area contributed by atoms with Gasteiger partial charge in [-0.3, -0.25) is 14.3 Å². The Balaban J connectivity index is 1.98. The van der Waals surface area contributed by atoms with Crippen molar-refractivity contribution in [1.82, 2.24) is 19.7 Å². The van der Waals surface area contributed by atoms with Crippen LogP contribution in [-0.2, 0) is 17.9 Å². The van der Waals surface area contributed by atoms with E-state index in [1.54, 1.807) is 30.2 Å². The molecule has 0 spiro atoms. The van der Waals surface area contributed by atoms with E-state index >= 15 is 0 Å². The number of pyridine rings is 1. The van der Waals surface area contributed by atoms with E-state index in [9.17, 15) is 9.59 Å². The quantitative estimate of drug-likeness (QED) is 0.814. The van der Waals surface area contributed by atoms with Gasteiger partial charge in [-0.1, -0.05) is 0 Å². The molecule has 0 unspecified atom stereocenters. The van der Waals surface area contributed by atoms with Crippen molar-refractivity contribution < 1.29 is 4.79 Å². The summed E-state index contributed by atoms with van der Waals surface area (Å²) in [7, 11) is 0. The van der Waals surface area contributed by atoms with Crippen LogP contribution in [0, 0.1) is 0 Å².